The average molecular weight is 208 g/mol. The number of nitrogens with zero attached hydrogens (tertiary/aromatic N) is 4. The molecule has 4 aromatic rings. The molecule has 0 N–H and O–H groups in total. The van der Waals surface area contributed by atoms with Crippen LogP contribution in [0.1, 0.15) is 0 Å². The lowest BCUT2D eigenvalue weighted by atomic mass is 10.2. The molecule has 3 heterocycles. The Hall–Kier alpha value is -2.36. The van der Waals surface area contributed by atoms with E-state index in [0.29, 0.717) is 0 Å². The lowest BCUT2D eigenvalue weighted by molar-refractivity contribution is 1.10. The first-order chi connectivity index (χ1) is 7.95. The maximum absolute atomic E-state index is 4.39. The Labute approximate surface area is 90.8 Å². The van der Waals surface area contributed by atoms with Crippen LogP contribution in [0.25, 0.3) is 22.3 Å². The van der Waals surface area contributed by atoms with Crippen LogP contribution in [0.4, 0.5) is 0 Å². The lowest BCUT2D eigenvalue weighted by Gasteiger charge is -2.04. The third-order valence-corrected chi connectivity index (χ3v) is 2.88. The molecular weight excluding hydrogens is 200 g/mol. The van der Waals surface area contributed by atoms with E-state index in [-0.39, 0.29) is 0 Å². The first-order valence-electron chi connectivity index (χ1n) is 5.12. The molecule has 0 saturated carbocycles. The van der Waals surface area contributed by atoms with Crippen LogP contribution in [-0.2, 0) is 0 Å². The minimum atomic E-state index is 0.895. The average Bonchev–Trinajstić information content (AvgIpc) is 2.98. The second-order valence-corrected chi connectivity index (χ2v) is 3.74. The number of para-hydroxylation sites is 1. The van der Waals surface area contributed by atoms with E-state index in [4.69, 9.17) is 0 Å². The third-order valence-electron chi connectivity index (χ3n) is 2.88. The largest absolute Gasteiger partial charge is 0.285 e. The van der Waals surface area contributed by atoms with Gasteiger partial charge >= 0.3 is 0 Å². The number of fused-ring (bicyclic) bond motifs is 6. The Balaban J connectivity index is 2.51. The van der Waals surface area contributed by atoms with Crippen LogP contribution < -0.4 is 0 Å². The molecule has 16 heavy (non-hydrogen) atoms. The number of benzene rings is 1. The number of imidazole rings is 2. The van der Waals surface area contributed by atoms with Gasteiger partial charge in [0.25, 0.3) is 0 Å². The molecule has 0 aliphatic rings. The van der Waals surface area contributed by atoms with Gasteiger partial charge in [-0.1, -0.05) is 12.1 Å². The maximum atomic E-state index is 4.39. The van der Waals surface area contributed by atoms with Gasteiger partial charge in [-0.05, 0) is 12.1 Å². The summed E-state index contributed by atoms with van der Waals surface area (Å²) in [6.45, 7) is 0. The fourth-order valence-electron chi connectivity index (χ4n) is 2.20. The standard InChI is InChI=1S/C12H8N4/c1-2-4-10-9(3-1)11-13-5-8-16(11)12-14-6-7-15(10)12/h1-8H. The third kappa shape index (κ3) is 0.798. The van der Waals surface area contributed by atoms with E-state index in [9.17, 15) is 0 Å². The summed E-state index contributed by atoms with van der Waals surface area (Å²) in [4.78, 5) is 8.74. The summed E-state index contributed by atoms with van der Waals surface area (Å²) >= 11 is 0. The van der Waals surface area contributed by atoms with Crippen LogP contribution in [0, 0.1) is 0 Å². The van der Waals surface area contributed by atoms with E-state index in [1.54, 1.807) is 12.4 Å². The molecule has 4 nitrogen and oxygen atoms in total. The molecular formula is C12H8N4. The summed E-state index contributed by atoms with van der Waals surface area (Å²) in [5, 5.41) is 1.14. The van der Waals surface area contributed by atoms with Gasteiger partial charge in [0.05, 0.1) is 5.52 Å². The Morgan fingerprint density at radius 3 is 2.69 bits per heavy atom. The molecule has 76 valence electrons. The highest BCUT2D eigenvalue weighted by Crippen LogP contribution is 2.20. The molecule has 3 aromatic heterocycles. The quantitative estimate of drug-likeness (QED) is 0.443. The Morgan fingerprint density at radius 1 is 0.875 bits per heavy atom. The second kappa shape index (κ2) is 2.61. The van der Waals surface area contributed by atoms with E-state index < -0.39 is 0 Å². The van der Waals surface area contributed by atoms with Crippen molar-refractivity contribution < 1.29 is 0 Å². The first kappa shape index (κ1) is 7.87. The van der Waals surface area contributed by atoms with Crippen molar-refractivity contribution >= 4 is 22.3 Å². The van der Waals surface area contributed by atoms with Gasteiger partial charge in [0, 0.05) is 30.2 Å². The molecule has 0 saturated heterocycles. The van der Waals surface area contributed by atoms with Crippen LogP contribution in [0.3, 0.4) is 0 Å². The molecule has 4 rings (SSSR count). The minimum Gasteiger partial charge on any atom is -0.285 e. The predicted molar refractivity (Wildman–Crippen MR) is 61.4 cm³/mol. The number of hydrogen-bond donors (Lipinski definition) is 0. The molecule has 0 amide bonds. The molecule has 0 aliphatic heterocycles. The molecule has 0 radical (unpaired) electrons. The molecule has 0 bridgehead atoms. The van der Waals surface area contributed by atoms with Crippen molar-refractivity contribution in [2.75, 3.05) is 0 Å². The summed E-state index contributed by atoms with van der Waals surface area (Å²) in [7, 11) is 0. The van der Waals surface area contributed by atoms with E-state index >= 15 is 0 Å². The summed E-state index contributed by atoms with van der Waals surface area (Å²) in [5.74, 6) is 0.895. The molecule has 0 atom stereocenters. The fourth-order valence-corrected chi connectivity index (χ4v) is 2.20. The van der Waals surface area contributed by atoms with Crippen LogP contribution >= 0.6 is 0 Å². The van der Waals surface area contributed by atoms with Gasteiger partial charge in [0.1, 0.15) is 5.65 Å². The Morgan fingerprint density at radius 2 is 1.69 bits per heavy atom. The van der Waals surface area contributed by atoms with Crippen LogP contribution in [0.2, 0.25) is 0 Å². The van der Waals surface area contributed by atoms with Crippen molar-refractivity contribution in [3.63, 3.8) is 0 Å². The zero-order chi connectivity index (χ0) is 10.5. The molecule has 0 aliphatic carbocycles. The molecule has 0 fully saturated rings. The predicted octanol–water partition coefficient (Wildman–Crippen LogP) is 2.14. The zero-order valence-corrected chi connectivity index (χ0v) is 8.41. The highest BCUT2D eigenvalue weighted by atomic mass is 15.2. The van der Waals surface area contributed by atoms with E-state index in [1.807, 2.05) is 28.9 Å². The van der Waals surface area contributed by atoms with Gasteiger partial charge in [-0.2, -0.15) is 0 Å². The van der Waals surface area contributed by atoms with Crippen molar-refractivity contribution in [2.45, 2.75) is 0 Å². The van der Waals surface area contributed by atoms with E-state index in [1.165, 1.54) is 0 Å². The van der Waals surface area contributed by atoms with Gasteiger partial charge in [0.15, 0.2) is 0 Å². The smallest absolute Gasteiger partial charge is 0.220 e. The summed E-state index contributed by atoms with van der Waals surface area (Å²) in [6, 6.07) is 8.22. The lowest BCUT2D eigenvalue weighted by Crippen LogP contribution is -1.96. The Bertz CT molecular complexity index is 740. The topological polar surface area (TPSA) is 34.6 Å². The first-order valence-corrected chi connectivity index (χ1v) is 5.12. The monoisotopic (exact) mass is 208 g/mol. The minimum absolute atomic E-state index is 0.895. The van der Waals surface area contributed by atoms with Crippen molar-refractivity contribution in [1.29, 1.82) is 0 Å². The number of rotatable bonds is 0. The van der Waals surface area contributed by atoms with Crippen molar-refractivity contribution in [1.82, 2.24) is 18.8 Å². The van der Waals surface area contributed by atoms with E-state index in [0.717, 1.165) is 22.3 Å². The molecule has 4 heteroatoms. The van der Waals surface area contributed by atoms with Gasteiger partial charge in [-0.25, -0.2) is 9.97 Å². The van der Waals surface area contributed by atoms with Gasteiger partial charge in [-0.3, -0.25) is 8.80 Å². The molecule has 1 aromatic carbocycles. The zero-order valence-electron chi connectivity index (χ0n) is 8.41. The van der Waals surface area contributed by atoms with Crippen molar-refractivity contribution in [3.05, 3.63) is 49.1 Å². The number of hydrogen-bond acceptors (Lipinski definition) is 2. The highest BCUT2D eigenvalue weighted by Gasteiger charge is 2.08. The number of aromatic nitrogens is 4. The van der Waals surface area contributed by atoms with Crippen molar-refractivity contribution in [2.24, 2.45) is 0 Å². The SMILES string of the molecule is c1ccc2c(c1)c1nccn1c1nccn21. The van der Waals surface area contributed by atoms with Crippen LogP contribution in [0.5, 0.6) is 0 Å². The normalized spacial score (nSPS) is 11.8. The fraction of sp³-hybridized carbons (Fsp3) is 0. The summed E-state index contributed by atoms with van der Waals surface area (Å²) in [5.41, 5.74) is 2.09. The second-order valence-electron chi connectivity index (χ2n) is 3.74. The van der Waals surface area contributed by atoms with Crippen molar-refractivity contribution in [3.8, 4) is 0 Å². The highest BCUT2D eigenvalue weighted by molar-refractivity contribution is 5.93. The van der Waals surface area contributed by atoms with Gasteiger partial charge in [-0.15, -0.1) is 0 Å². The summed E-state index contributed by atoms with van der Waals surface area (Å²) < 4.78 is 4.08. The molecule has 0 spiro atoms. The van der Waals surface area contributed by atoms with Crippen LogP contribution in [-0.4, -0.2) is 18.8 Å². The van der Waals surface area contributed by atoms with E-state index in [2.05, 4.69) is 26.5 Å². The molecule has 0 unspecified atom stereocenters. The van der Waals surface area contributed by atoms with Crippen LogP contribution in [0.15, 0.2) is 49.1 Å². The summed E-state index contributed by atoms with van der Waals surface area (Å²) in [6.07, 6.45) is 7.51. The van der Waals surface area contributed by atoms with Gasteiger partial charge < -0.3 is 0 Å². The van der Waals surface area contributed by atoms with Gasteiger partial charge in [0.2, 0.25) is 5.78 Å². The maximum Gasteiger partial charge on any atom is 0.220 e. The Kier molecular flexibility index (Phi) is 1.28.